The molecule has 0 aliphatic rings. The van der Waals surface area contributed by atoms with Crippen molar-refractivity contribution in [1.29, 1.82) is 0 Å². The quantitative estimate of drug-likeness (QED) is 0.271. The van der Waals surface area contributed by atoms with E-state index in [0.29, 0.717) is 0 Å². The molecule has 0 saturated carbocycles. The van der Waals surface area contributed by atoms with Gasteiger partial charge in [0.1, 0.15) is 0 Å². The second-order valence-electron chi connectivity index (χ2n) is 3.00. The molecule has 111 valence electrons. The van der Waals surface area contributed by atoms with E-state index in [0.717, 1.165) is 0 Å². The third-order valence-corrected chi connectivity index (χ3v) is 2.50. The molecule has 7 heteroatoms. The minimum Gasteiger partial charge on any atom is -0.214 e. The van der Waals surface area contributed by atoms with Gasteiger partial charge in [-0.25, -0.2) is 12.1 Å². The molecule has 0 spiro atoms. The zero-order valence-electron chi connectivity index (χ0n) is 11.0. The van der Waals surface area contributed by atoms with Crippen molar-refractivity contribution >= 4 is 11.1 Å². The van der Waals surface area contributed by atoms with E-state index in [2.05, 4.69) is 26.5 Å². The van der Waals surface area contributed by atoms with Gasteiger partial charge >= 0.3 is 33.9 Å². The van der Waals surface area contributed by atoms with Crippen molar-refractivity contribution in [3.8, 4) is 0 Å². The fraction of sp³-hybridized carbons (Fsp3) is 0.231. The molecule has 1 rings (SSSR count). The van der Waals surface area contributed by atoms with E-state index < -0.39 is 15.8 Å². The first-order chi connectivity index (χ1) is 9.00. The molecule has 0 aliphatic heterocycles. The van der Waals surface area contributed by atoms with Crippen molar-refractivity contribution < 1.29 is 39.8 Å². The van der Waals surface area contributed by atoms with Crippen molar-refractivity contribution in [2.24, 2.45) is 0 Å². The molecule has 5 nitrogen and oxygen atoms in total. The largest absolute Gasteiger partial charge is 0.214 e. The Hall–Kier alpha value is -1.06. The first-order valence-corrected chi connectivity index (χ1v) is 5.59. The molecule has 1 aromatic carbocycles. The Morgan fingerprint density at radius 2 is 1.45 bits per heavy atom. The summed E-state index contributed by atoms with van der Waals surface area (Å²) in [5.74, 6) is 0. The monoisotopic (exact) mass is 337 g/mol. The van der Waals surface area contributed by atoms with Gasteiger partial charge in [-0.15, -0.1) is 6.58 Å². The minimum atomic E-state index is -2.04. The molecular formula is C13H14MnO5S-2. The summed E-state index contributed by atoms with van der Waals surface area (Å²) in [6.07, 6.45) is 1.40. The minimum absolute atomic E-state index is 0. The smallest absolute Gasteiger partial charge is 0 e. The average molecular weight is 337 g/mol. The van der Waals surface area contributed by atoms with Gasteiger partial charge in [-0.05, 0) is 24.9 Å². The van der Waals surface area contributed by atoms with Gasteiger partial charge < -0.3 is 4.55 Å². The van der Waals surface area contributed by atoms with Gasteiger partial charge in [-0.1, -0.05) is 6.08 Å². The SMILES string of the molecule is C=CC(C)(C)S(=O)[O-].[C-]#[O+].[C-]#[O+].[C-]#[O+].[Mn].c1cc[cH-]c1. The molecule has 1 radical (unpaired) electrons. The van der Waals surface area contributed by atoms with Crippen LogP contribution in [-0.2, 0) is 42.1 Å². The molecule has 0 aromatic heterocycles. The molecule has 0 saturated heterocycles. The van der Waals surface area contributed by atoms with Crippen molar-refractivity contribution in [1.82, 2.24) is 0 Å². The van der Waals surface area contributed by atoms with Gasteiger partial charge in [0.15, 0.2) is 0 Å². The van der Waals surface area contributed by atoms with E-state index in [1.165, 1.54) is 6.08 Å². The van der Waals surface area contributed by atoms with Crippen LogP contribution in [0, 0.1) is 20.0 Å². The summed E-state index contributed by atoms with van der Waals surface area (Å²) in [6.45, 7) is 20.0. The fourth-order valence-electron chi connectivity index (χ4n) is 0.389. The third-order valence-electron chi connectivity index (χ3n) is 1.48. The molecule has 1 atom stereocenters. The summed E-state index contributed by atoms with van der Waals surface area (Å²) in [5.41, 5.74) is 0. The van der Waals surface area contributed by atoms with E-state index in [-0.39, 0.29) is 17.1 Å². The van der Waals surface area contributed by atoms with E-state index >= 15 is 0 Å². The maximum Gasteiger partial charge on any atom is 0 e. The first-order valence-electron chi connectivity index (χ1n) is 4.51. The Balaban J connectivity index is -0.0000000542. The van der Waals surface area contributed by atoms with Crippen LogP contribution >= 0.6 is 0 Å². The maximum atomic E-state index is 10.2. The third kappa shape index (κ3) is 25.7. The fourth-order valence-corrected chi connectivity index (χ4v) is 0.525. The predicted molar refractivity (Wildman–Crippen MR) is 67.0 cm³/mol. The molecule has 0 heterocycles. The summed E-state index contributed by atoms with van der Waals surface area (Å²) in [4.78, 5) is 0. The standard InChI is InChI=1S/C5H10O2S.C5H5.3CO.Mn/c1-4-5(2,3)8(6)7;1-2-4-5-3-1;3*1-2;/h4H,1H2,2-3H3,(H,6,7);1-5H;;;;/q;-1;;;;/p-1. The Kier molecular flexibility index (Phi) is 41.6. The summed E-state index contributed by atoms with van der Waals surface area (Å²) in [5, 5.41) is 0. The molecular weight excluding hydrogens is 323 g/mol. The van der Waals surface area contributed by atoms with E-state index in [4.69, 9.17) is 14.0 Å². The molecule has 0 amide bonds. The van der Waals surface area contributed by atoms with E-state index in [1.54, 1.807) is 13.8 Å². The molecule has 0 N–H and O–H groups in total. The molecule has 0 fully saturated rings. The van der Waals surface area contributed by atoms with Crippen LogP contribution in [0.2, 0.25) is 0 Å². The van der Waals surface area contributed by atoms with Crippen molar-refractivity contribution in [3.05, 3.63) is 62.9 Å². The van der Waals surface area contributed by atoms with Gasteiger partial charge in [0, 0.05) is 21.8 Å². The van der Waals surface area contributed by atoms with Crippen LogP contribution in [0.15, 0.2) is 43.0 Å². The molecule has 1 unspecified atom stereocenters. The van der Waals surface area contributed by atoms with Crippen LogP contribution < -0.4 is 0 Å². The molecule has 20 heavy (non-hydrogen) atoms. The van der Waals surface area contributed by atoms with Gasteiger partial charge in [0.25, 0.3) is 0 Å². The predicted octanol–water partition coefficient (Wildman–Crippen LogP) is 2.12. The zero-order valence-corrected chi connectivity index (χ0v) is 13.0. The maximum absolute atomic E-state index is 10.2. The average Bonchev–Trinajstić information content (AvgIpc) is 3.04. The van der Waals surface area contributed by atoms with Crippen LogP contribution in [0.3, 0.4) is 0 Å². The Labute approximate surface area is 132 Å². The van der Waals surface area contributed by atoms with Crippen LogP contribution in [0.4, 0.5) is 0 Å². The van der Waals surface area contributed by atoms with Crippen molar-refractivity contribution in [3.63, 3.8) is 0 Å². The van der Waals surface area contributed by atoms with Crippen molar-refractivity contribution in [2.75, 3.05) is 0 Å². The summed E-state index contributed by atoms with van der Waals surface area (Å²) < 4.78 is 42.1. The van der Waals surface area contributed by atoms with Gasteiger partial charge in [0.2, 0.25) is 0 Å². The second kappa shape index (κ2) is 26.5. The summed E-state index contributed by atoms with van der Waals surface area (Å²) in [7, 11) is 0. The Bertz CT molecular complexity index is 334. The topological polar surface area (TPSA) is 99.8 Å². The Morgan fingerprint density at radius 3 is 1.50 bits per heavy atom. The first kappa shape index (κ1) is 31.4. The number of hydrogen-bond acceptors (Lipinski definition) is 2. The normalized spacial score (nSPS) is 8.45. The van der Waals surface area contributed by atoms with Crippen LogP contribution in [0.5, 0.6) is 0 Å². The summed E-state index contributed by atoms with van der Waals surface area (Å²) >= 11 is -2.04. The van der Waals surface area contributed by atoms with Gasteiger partial charge in [-0.2, -0.15) is 18.2 Å². The van der Waals surface area contributed by atoms with Crippen LogP contribution in [-0.4, -0.2) is 13.5 Å². The van der Waals surface area contributed by atoms with Gasteiger partial charge in [-0.3, -0.25) is 4.21 Å². The van der Waals surface area contributed by atoms with Crippen molar-refractivity contribution in [2.45, 2.75) is 18.6 Å². The van der Waals surface area contributed by atoms with Crippen LogP contribution in [0.25, 0.3) is 0 Å². The molecule has 1 aromatic rings. The molecule has 0 bridgehead atoms. The number of hydrogen-bond donors (Lipinski definition) is 0. The van der Waals surface area contributed by atoms with Crippen LogP contribution in [0.1, 0.15) is 13.8 Å². The molecule has 0 aliphatic carbocycles. The Morgan fingerprint density at radius 1 is 1.15 bits per heavy atom. The van der Waals surface area contributed by atoms with Gasteiger partial charge in [0.05, 0.1) is 0 Å². The number of rotatable bonds is 2. The zero-order chi connectivity index (χ0) is 16.3. The second-order valence-corrected chi connectivity index (χ2v) is 4.53. The van der Waals surface area contributed by atoms with E-state index in [9.17, 15) is 8.76 Å². The summed E-state index contributed by atoms with van der Waals surface area (Å²) in [6, 6.07) is 10.0. The van der Waals surface area contributed by atoms with E-state index in [1.807, 2.05) is 30.3 Å².